The van der Waals surface area contributed by atoms with Crippen molar-refractivity contribution in [1.29, 1.82) is 0 Å². The van der Waals surface area contributed by atoms with Gasteiger partial charge >= 0.3 is 5.97 Å². The van der Waals surface area contributed by atoms with Crippen molar-refractivity contribution in [3.05, 3.63) is 112 Å². The molecule has 0 atom stereocenters. The molecular weight excluding hydrogens is 560 g/mol. The highest BCUT2D eigenvalue weighted by Crippen LogP contribution is 2.30. The van der Waals surface area contributed by atoms with Crippen LogP contribution in [0.1, 0.15) is 50.7 Å². The number of ether oxygens (including phenoxy) is 3. The summed E-state index contributed by atoms with van der Waals surface area (Å²) >= 11 is 0. The first kappa shape index (κ1) is 30.0. The maximum absolute atomic E-state index is 12.9. The molecule has 1 heterocycles. The summed E-state index contributed by atoms with van der Waals surface area (Å²) in [4.78, 5) is 48.4. The van der Waals surface area contributed by atoms with Gasteiger partial charge in [0.2, 0.25) is 0 Å². The van der Waals surface area contributed by atoms with E-state index in [2.05, 4.69) is 15.8 Å². The molecule has 43 heavy (non-hydrogen) atoms. The fourth-order valence-electron chi connectivity index (χ4n) is 3.71. The van der Waals surface area contributed by atoms with E-state index in [-0.39, 0.29) is 33.9 Å². The highest BCUT2D eigenvalue weighted by Gasteiger charge is 2.18. The van der Waals surface area contributed by atoms with E-state index in [9.17, 15) is 24.5 Å². The largest absolute Gasteiger partial charge is 0.490 e. The summed E-state index contributed by atoms with van der Waals surface area (Å²) in [6.45, 7) is 4.36. The average molecular weight is 587 g/mol. The second kappa shape index (κ2) is 14.1. The minimum absolute atomic E-state index is 0.0305. The molecule has 0 aliphatic heterocycles. The van der Waals surface area contributed by atoms with Crippen LogP contribution in [-0.4, -0.2) is 42.1 Å². The number of furan rings is 1. The number of carbonyl (C=O) groups excluding carboxylic acids is 3. The number of hydrogen-bond donors (Lipinski definition) is 2. The SMILES string of the molecule is CCOc1ccc(C(=O)Oc2ccc([N+](=O)[O-])cc2/C=N/NC(=O)c2ccc(NC(=O)c3ccco3)cc2)cc1OCC. The van der Waals surface area contributed by atoms with Crippen molar-refractivity contribution >= 4 is 35.4 Å². The summed E-state index contributed by atoms with van der Waals surface area (Å²) in [5.74, 6) is -0.863. The number of nitrogens with one attached hydrogen (secondary N) is 2. The van der Waals surface area contributed by atoms with Crippen LogP contribution >= 0.6 is 0 Å². The second-order valence-corrected chi connectivity index (χ2v) is 8.60. The molecule has 0 bridgehead atoms. The van der Waals surface area contributed by atoms with E-state index < -0.39 is 22.7 Å². The standard InChI is InChI=1S/C30H26N4O9/c1-3-40-25-13-9-20(17-27(25)41-4-2)30(37)43-24-14-12-23(34(38)39)16-21(24)18-31-33-28(35)19-7-10-22(11-8-19)32-29(36)26-6-5-15-42-26/h5-18H,3-4H2,1-2H3,(H,32,36)(H,33,35)/b31-18+. The molecule has 0 spiro atoms. The average Bonchev–Trinajstić information content (AvgIpc) is 3.55. The quantitative estimate of drug-likeness (QED) is 0.0742. The summed E-state index contributed by atoms with van der Waals surface area (Å²) in [5, 5.41) is 17.9. The van der Waals surface area contributed by atoms with Crippen LogP contribution in [0.3, 0.4) is 0 Å². The van der Waals surface area contributed by atoms with Gasteiger partial charge in [-0.15, -0.1) is 0 Å². The first-order valence-corrected chi connectivity index (χ1v) is 13.0. The summed E-state index contributed by atoms with van der Waals surface area (Å²) in [5.41, 5.74) is 2.92. The number of nitro groups is 1. The van der Waals surface area contributed by atoms with Crippen LogP contribution in [0.2, 0.25) is 0 Å². The van der Waals surface area contributed by atoms with Gasteiger partial charge < -0.3 is 23.9 Å². The Morgan fingerprint density at radius 1 is 0.884 bits per heavy atom. The predicted molar refractivity (Wildman–Crippen MR) is 155 cm³/mol. The third-order valence-electron chi connectivity index (χ3n) is 5.71. The molecule has 0 aliphatic carbocycles. The van der Waals surface area contributed by atoms with E-state index in [0.29, 0.717) is 30.4 Å². The molecule has 3 aromatic carbocycles. The van der Waals surface area contributed by atoms with Crippen LogP contribution in [0, 0.1) is 10.1 Å². The molecule has 0 radical (unpaired) electrons. The summed E-state index contributed by atoms with van der Waals surface area (Å²) in [6, 6.07) is 17.2. The smallest absolute Gasteiger partial charge is 0.343 e. The zero-order valence-corrected chi connectivity index (χ0v) is 23.1. The predicted octanol–water partition coefficient (Wildman–Crippen LogP) is 5.22. The number of esters is 1. The van der Waals surface area contributed by atoms with Crippen molar-refractivity contribution in [1.82, 2.24) is 5.43 Å². The number of non-ortho nitro benzene ring substituents is 1. The van der Waals surface area contributed by atoms with Gasteiger partial charge in [0.25, 0.3) is 17.5 Å². The Bertz CT molecular complexity index is 1650. The Hall–Kier alpha value is -5.98. The minimum atomic E-state index is -0.754. The number of anilines is 1. The van der Waals surface area contributed by atoms with Gasteiger partial charge in [-0.25, -0.2) is 10.2 Å². The maximum Gasteiger partial charge on any atom is 0.343 e. The van der Waals surface area contributed by atoms with Gasteiger partial charge in [-0.2, -0.15) is 5.10 Å². The first-order valence-electron chi connectivity index (χ1n) is 13.0. The van der Waals surface area contributed by atoms with E-state index in [1.54, 1.807) is 19.1 Å². The molecule has 220 valence electrons. The molecule has 0 saturated carbocycles. The molecule has 0 fully saturated rings. The molecule has 13 nitrogen and oxygen atoms in total. The molecule has 0 unspecified atom stereocenters. The highest BCUT2D eigenvalue weighted by molar-refractivity contribution is 6.02. The Kier molecular flexibility index (Phi) is 9.82. The van der Waals surface area contributed by atoms with Crippen LogP contribution in [0.25, 0.3) is 0 Å². The molecule has 0 saturated heterocycles. The lowest BCUT2D eigenvalue weighted by Crippen LogP contribution is -2.18. The number of hydrazone groups is 1. The van der Waals surface area contributed by atoms with Crippen LogP contribution in [-0.2, 0) is 0 Å². The number of carbonyl (C=O) groups is 3. The number of benzene rings is 3. The van der Waals surface area contributed by atoms with E-state index in [1.807, 2.05) is 6.92 Å². The molecule has 13 heteroatoms. The van der Waals surface area contributed by atoms with Gasteiger partial charge in [-0.3, -0.25) is 19.7 Å². The van der Waals surface area contributed by atoms with Crippen LogP contribution in [0.15, 0.2) is 88.6 Å². The van der Waals surface area contributed by atoms with Crippen LogP contribution in [0.5, 0.6) is 17.2 Å². The third kappa shape index (κ3) is 7.82. The Balaban J connectivity index is 1.46. The fraction of sp³-hybridized carbons (Fsp3) is 0.133. The number of amides is 2. The lowest BCUT2D eigenvalue weighted by molar-refractivity contribution is -0.384. The van der Waals surface area contributed by atoms with Crippen LogP contribution < -0.4 is 25.0 Å². The van der Waals surface area contributed by atoms with Crippen LogP contribution in [0.4, 0.5) is 11.4 Å². The summed E-state index contributed by atoms with van der Waals surface area (Å²) in [7, 11) is 0. The Morgan fingerprint density at radius 3 is 2.26 bits per heavy atom. The second-order valence-electron chi connectivity index (χ2n) is 8.60. The molecule has 1 aromatic heterocycles. The van der Waals surface area contributed by atoms with Crippen molar-refractivity contribution in [3.63, 3.8) is 0 Å². The molecule has 0 aliphatic rings. The van der Waals surface area contributed by atoms with Gasteiger partial charge in [-0.1, -0.05) is 0 Å². The van der Waals surface area contributed by atoms with E-state index >= 15 is 0 Å². The number of nitrogens with zero attached hydrogens (tertiary/aromatic N) is 2. The van der Waals surface area contributed by atoms with Crippen molar-refractivity contribution in [2.24, 2.45) is 5.10 Å². The lowest BCUT2D eigenvalue weighted by Gasteiger charge is -2.12. The van der Waals surface area contributed by atoms with Crippen molar-refractivity contribution in [2.45, 2.75) is 13.8 Å². The minimum Gasteiger partial charge on any atom is -0.490 e. The number of nitro benzene ring substituents is 1. The first-order chi connectivity index (χ1) is 20.8. The topological polar surface area (TPSA) is 172 Å². The van der Waals surface area contributed by atoms with E-state index in [4.69, 9.17) is 18.6 Å². The van der Waals surface area contributed by atoms with Gasteiger partial charge in [0.1, 0.15) is 5.75 Å². The third-order valence-corrected chi connectivity index (χ3v) is 5.71. The zero-order chi connectivity index (χ0) is 30.8. The molecule has 4 aromatic rings. The Morgan fingerprint density at radius 2 is 1.58 bits per heavy atom. The van der Waals surface area contributed by atoms with Gasteiger partial charge in [-0.05, 0) is 74.5 Å². The Labute approximate surface area is 245 Å². The zero-order valence-electron chi connectivity index (χ0n) is 23.1. The molecule has 2 N–H and O–H groups in total. The lowest BCUT2D eigenvalue weighted by atomic mass is 10.1. The molecule has 2 amide bonds. The molecular formula is C30H26N4O9. The van der Waals surface area contributed by atoms with Crippen molar-refractivity contribution < 1.29 is 37.9 Å². The maximum atomic E-state index is 12.9. The number of hydrogen-bond acceptors (Lipinski definition) is 10. The van der Waals surface area contributed by atoms with Gasteiger partial charge in [0.05, 0.1) is 36.2 Å². The summed E-state index contributed by atoms with van der Waals surface area (Å²) in [6.07, 6.45) is 2.50. The van der Waals surface area contributed by atoms with Gasteiger partial charge in [0.15, 0.2) is 17.3 Å². The van der Waals surface area contributed by atoms with E-state index in [0.717, 1.165) is 12.3 Å². The monoisotopic (exact) mass is 586 g/mol. The van der Waals surface area contributed by atoms with Crippen molar-refractivity contribution in [2.75, 3.05) is 18.5 Å². The normalized spacial score (nSPS) is 10.7. The fourth-order valence-corrected chi connectivity index (χ4v) is 3.71. The molecule has 4 rings (SSSR count). The van der Waals surface area contributed by atoms with Gasteiger partial charge in [0, 0.05) is 28.9 Å². The highest BCUT2D eigenvalue weighted by atomic mass is 16.6. The number of rotatable bonds is 12. The van der Waals surface area contributed by atoms with E-state index in [1.165, 1.54) is 60.9 Å². The summed E-state index contributed by atoms with van der Waals surface area (Å²) < 4.78 is 21.6. The van der Waals surface area contributed by atoms with Crippen molar-refractivity contribution in [3.8, 4) is 17.2 Å².